The summed E-state index contributed by atoms with van der Waals surface area (Å²) in [4.78, 5) is 19.7. The second-order valence-corrected chi connectivity index (χ2v) is 8.17. The smallest absolute Gasteiger partial charge is 0.226 e. The molecule has 0 aliphatic heterocycles. The Balaban J connectivity index is 2.08. The van der Waals surface area contributed by atoms with Gasteiger partial charge in [0.1, 0.15) is 11.6 Å². The highest BCUT2D eigenvalue weighted by molar-refractivity contribution is 5.80. The monoisotopic (exact) mass is 505 g/mol. The van der Waals surface area contributed by atoms with Gasteiger partial charge < -0.3 is 26.0 Å². The number of hydrogen-bond acceptors (Lipinski definition) is 11. The van der Waals surface area contributed by atoms with Crippen LogP contribution in [-0.2, 0) is 16.1 Å². The molecule has 3 rings (SSSR count). The number of nitrogens with one attached hydrogen (secondary N) is 4. The van der Waals surface area contributed by atoms with E-state index in [0.29, 0.717) is 55.9 Å². The van der Waals surface area contributed by atoms with Crippen molar-refractivity contribution in [2.24, 2.45) is 10.2 Å². The summed E-state index contributed by atoms with van der Waals surface area (Å²) in [5, 5.41) is 34.7. The van der Waals surface area contributed by atoms with Crippen LogP contribution in [0.3, 0.4) is 0 Å². The number of azo groups is 1. The van der Waals surface area contributed by atoms with Gasteiger partial charge in [0.05, 0.1) is 13.2 Å². The molecule has 0 aliphatic carbocycles. The SMILES string of the molecule is CNc1nc(NCCNC=O)c(N=Nc2nn(CCOC)cc2C#N)c(Nc2c(C)cc(C)cc2C)n1. The normalized spacial score (nSPS) is 10.8. The van der Waals surface area contributed by atoms with Crippen LogP contribution >= 0.6 is 0 Å². The molecule has 37 heavy (non-hydrogen) atoms. The first-order valence-corrected chi connectivity index (χ1v) is 11.6. The molecule has 0 saturated carbocycles. The number of nitriles is 1. The third-order valence-corrected chi connectivity index (χ3v) is 5.31. The standard InChI is InChI=1S/C24H31N11O2/c1-15-10-16(2)19(17(3)11-15)29-23-20(22(28-7-6-27-14-36)30-24(26-4)31-23)32-33-21-18(12-25)13-35(34-21)8-9-37-5/h10-11,13-14H,6-9H2,1-5H3,(H,27,36)(H3,26,28,29,30,31). The number of carbonyl (C=O) groups is 1. The lowest BCUT2D eigenvalue weighted by atomic mass is 10.1. The Morgan fingerprint density at radius 1 is 1.14 bits per heavy atom. The predicted molar refractivity (Wildman–Crippen MR) is 141 cm³/mol. The van der Waals surface area contributed by atoms with Crippen LogP contribution in [0.25, 0.3) is 0 Å². The van der Waals surface area contributed by atoms with Gasteiger partial charge in [-0.15, -0.1) is 15.3 Å². The Labute approximate surface area is 215 Å². The van der Waals surface area contributed by atoms with E-state index in [4.69, 9.17) is 4.74 Å². The molecule has 13 heteroatoms. The molecule has 0 fully saturated rings. The van der Waals surface area contributed by atoms with E-state index in [2.05, 4.69) is 64.8 Å². The van der Waals surface area contributed by atoms with Gasteiger partial charge in [-0.25, -0.2) is 0 Å². The maximum atomic E-state index is 10.7. The first-order chi connectivity index (χ1) is 17.9. The van der Waals surface area contributed by atoms with Crippen molar-refractivity contribution in [3.05, 3.63) is 40.6 Å². The number of anilines is 4. The zero-order valence-electron chi connectivity index (χ0n) is 21.6. The highest BCUT2D eigenvalue weighted by atomic mass is 16.5. The zero-order chi connectivity index (χ0) is 26.8. The Morgan fingerprint density at radius 3 is 2.51 bits per heavy atom. The van der Waals surface area contributed by atoms with Crippen molar-refractivity contribution in [1.29, 1.82) is 5.26 Å². The van der Waals surface area contributed by atoms with E-state index >= 15 is 0 Å². The molecule has 0 unspecified atom stereocenters. The fourth-order valence-corrected chi connectivity index (χ4v) is 3.64. The molecule has 3 aromatic rings. The molecule has 2 heterocycles. The fraction of sp³-hybridized carbons (Fsp3) is 0.375. The highest BCUT2D eigenvalue weighted by Gasteiger charge is 2.17. The van der Waals surface area contributed by atoms with Crippen LogP contribution in [0.4, 0.5) is 34.8 Å². The summed E-state index contributed by atoms with van der Waals surface area (Å²) in [6.45, 7) is 7.74. The Morgan fingerprint density at radius 2 is 1.86 bits per heavy atom. The molecule has 0 bridgehead atoms. The molecular weight excluding hydrogens is 474 g/mol. The number of aryl methyl sites for hydroxylation is 3. The number of amides is 1. The van der Waals surface area contributed by atoms with Gasteiger partial charge in [-0.05, 0) is 31.9 Å². The molecular formula is C24H31N11O2. The fourth-order valence-electron chi connectivity index (χ4n) is 3.64. The molecule has 0 radical (unpaired) electrons. The van der Waals surface area contributed by atoms with Crippen LogP contribution in [0, 0.1) is 32.1 Å². The van der Waals surface area contributed by atoms with Gasteiger partial charge in [-0.2, -0.15) is 15.2 Å². The molecule has 4 N–H and O–H groups in total. The first kappa shape index (κ1) is 27.0. The van der Waals surface area contributed by atoms with Crippen LogP contribution in [0.15, 0.2) is 28.6 Å². The largest absolute Gasteiger partial charge is 0.383 e. The molecule has 1 aromatic carbocycles. The van der Waals surface area contributed by atoms with Gasteiger partial charge in [0, 0.05) is 39.1 Å². The third kappa shape index (κ3) is 6.98. The Hall–Kier alpha value is -4.57. The van der Waals surface area contributed by atoms with E-state index < -0.39 is 0 Å². The molecule has 0 saturated heterocycles. The summed E-state index contributed by atoms with van der Waals surface area (Å²) in [6, 6.07) is 6.25. The van der Waals surface area contributed by atoms with Gasteiger partial charge in [0.2, 0.25) is 18.2 Å². The second kappa shape index (κ2) is 12.9. The van der Waals surface area contributed by atoms with Crippen molar-refractivity contribution in [3.8, 4) is 6.07 Å². The summed E-state index contributed by atoms with van der Waals surface area (Å²) < 4.78 is 6.67. The Bertz CT molecular complexity index is 1290. The van der Waals surface area contributed by atoms with E-state index in [1.165, 1.54) is 0 Å². The lowest BCUT2D eigenvalue weighted by Gasteiger charge is -2.17. The number of ether oxygens (including phenoxy) is 1. The highest BCUT2D eigenvalue weighted by Crippen LogP contribution is 2.37. The number of aromatic nitrogens is 4. The van der Waals surface area contributed by atoms with Crippen molar-refractivity contribution < 1.29 is 9.53 Å². The van der Waals surface area contributed by atoms with Crippen LogP contribution in [0.2, 0.25) is 0 Å². The van der Waals surface area contributed by atoms with E-state index in [-0.39, 0.29) is 11.4 Å². The van der Waals surface area contributed by atoms with E-state index in [1.807, 2.05) is 20.8 Å². The lowest BCUT2D eigenvalue weighted by Crippen LogP contribution is -2.21. The van der Waals surface area contributed by atoms with Gasteiger partial charge in [-0.1, -0.05) is 17.7 Å². The van der Waals surface area contributed by atoms with Gasteiger partial charge in [0.15, 0.2) is 17.3 Å². The van der Waals surface area contributed by atoms with Crippen LogP contribution in [0.5, 0.6) is 0 Å². The van der Waals surface area contributed by atoms with Crippen molar-refractivity contribution in [3.63, 3.8) is 0 Å². The summed E-state index contributed by atoms with van der Waals surface area (Å²) in [6.07, 6.45) is 2.22. The van der Waals surface area contributed by atoms with Crippen LogP contribution in [-0.4, -0.2) is 60.0 Å². The minimum Gasteiger partial charge on any atom is -0.383 e. The number of nitrogens with zero attached hydrogens (tertiary/aromatic N) is 7. The number of hydrogen-bond donors (Lipinski definition) is 4. The maximum Gasteiger partial charge on any atom is 0.226 e. The second-order valence-electron chi connectivity index (χ2n) is 8.17. The van der Waals surface area contributed by atoms with E-state index in [9.17, 15) is 10.1 Å². The molecule has 13 nitrogen and oxygen atoms in total. The van der Waals surface area contributed by atoms with Crippen molar-refractivity contribution in [1.82, 2.24) is 25.1 Å². The van der Waals surface area contributed by atoms with Crippen LogP contribution in [0.1, 0.15) is 22.3 Å². The third-order valence-electron chi connectivity index (χ3n) is 5.31. The summed E-state index contributed by atoms with van der Waals surface area (Å²) in [7, 11) is 3.31. The number of benzene rings is 1. The molecule has 194 valence electrons. The lowest BCUT2D eigenvalue weighted by molar-refractivity contribution is -0.109. The number of carbonyl (C=O) groups excluding carboxylic acids is 1. The molecule has 0 spiro atoms. The van der Waals surface area contributed by atoms with Gasteiger partial charge in [0.25, 0.3) is 0 Å². The average Bonchev–Trinajstić information content (AvgIpc) is 3.28. The molecule has 0 atom stereocenters. The van der Waals surface area contributed by atoms with Crippen molar-refractivity contribution in [2.75, 3.05) is 49.8 Å². The van der Waals surface area contributed by atoms with Crippen LogP contribution < -0.4 is 21.3 Å². The van der Waals surface area contributed by atoms with E-state index in [0.717, 1.165) is 22.4 Å². The van der Waals surface area contributed by atoms with E-state index in [1.54, 1.807) is 25.0 Å². The predicted octanol–water partition coefficient (Wildman–Crippen LogP) is 3.48. The quantitative estimate of drug-likeness (QED) is 0.154. The number of rotatable bonds is 13. The number of methoxy groups -OCH3 is 1. The van der Waals surface area contributed by atoms with Gasteiger partial charge >= 0.3 is 0 Å². The molecule has 2 aromatic heterocycles. The average molecular weight is 506 g/mol. The van der Waals surface area contributed by atoms with Gasteiger partial charge in [-0.3, -0.25) is 9.48 Å². The Kier molecular flexibility index (Phi) is 9.45. The molecule has 1 amide bonds. The minimum atomic E-state index is 0.165. The van der Waals surface area contributed by atoms with Crippen molar-refractivity contribution >= 4 is 41.2 Å². The maximum absolute atomic E-state index is 10.7. The summed E-state index contributed by atoms with van der Waals surface area (Å²) >= 11 is 0. The topological polar surface area (TPSA) is 167 Å². The summed E-state index contributed by atoms with van der Waals surface area (Å²) in [5.41, 5.74) is 4.71. The first-order valence-electron chi connectivity index (χ1n) is 11.6. The molecule has 0 aliphatic rings. The zero-order valence-corrected chi connectivity index (χ0v) is 21.6. The van der Waals surface area contributed by atoms with Crippen molar-refractivity contribution in [2.45, 2.75) is 27.3 Å². The summed E-state index contributed by atoms with van der Waals surface area (Å²) in [5.74, 6) is 1.31. The minimum absolute atomic E-state index is 0.165.